The molecule has 3 rings (SSSR count). The van der Waals surface area contributed by atoms with E-state index >= 15 is 0 Å². The van der Waals surface area contributed by atoms with Crippen molar-refractivity contribution in [3.8, 4) is 0 Å². The number of aliphatic hydroxyl groups excluding tert-OH is 1. The number of amides is 1. The van der Waals surface area contributed by atoms with Crippen molar-refractivity contribution in [2.45, 2.75) is 25.4 Å². The van der Waals surface area contributed by atoms with Crippen LogP contribution in [0.2, 0.25) is 0 Å². The number of β-amino-alcohol motifs (C(OH)–C–C–N with tert-alkyl or cyclic N) is 1. The van der Waals surface area contributed by atoms with Gasteiger partial charge in [-0.2, -0.15) is 0 Å². The standard InChI is InChI=1S/C20H24N2O2/c23-18-10-6-12-22(14-18)15-20(24)21-19-11-5-4-9-17(19)13-16-7-2-1-3-8-16/h1-5,7-9,11,18,23H,6,10,12-15H2,(H,21,24). The number of anilines is 1. The maximum atomic E-state index is 12.4. The first kappa shape index (κ1) is 16.7. The van der Waals surface area contributed by atoms with Crippen LogP contribution in [0.1, 0.15) is 24.0 Å². The summed E-state index contributed by atoms with van der Waals surface area (Å²) in [6.45, 7) is 1.78. The molecule has 1 amide bonds. The molecule has 1 fully saturated rings. The smallest absolute Gasteiger partial charge is 0.238 e. The van der Waals surface area contributed by atoms with Gasteiger partial charge in [0.1, 0.15) is 0 Å². The quantitative estimate of drug-likeness (QED) is 0.889. The third-order valence-corrected chi connectivity index (χ3v) is 4.38. The van der Waals surface area contributed by atoms with Crippen molar-refractivity contribution >= 4 is 11.6 Å². The predicted molar refractivity (Wildman–Crippen MR) is 96.0 cm³/mol. The first-order valence-corrected chi connectivity index (χ1v) is 8.53. The number of hydrogen-bond acceptors (Lipinski definition) is 3. The Labute approximate surface area is 143 Å². The first-order chi connectivity index (χ1) is 11.7. The fraction of sp³-hybridized carbons (Fsp3) is 0.350. The molecule has 1 atom stereocenters. The van der Waals surface area contributed by atoms with E-state index < -0.39 is 0 Å². The van der Waals surface area contributed by atoms with Gasteiger partial charge < -0.3 is 10.4 Å². The van der Waals surface area contributed by atoms with Gasteiger partial charge in [0.2, 0.25) is 5.91 Å². The van der Waals surface area contributed by atoms with Crippen molar-refractivity contribution in [1.82, 2.24) is 4.90 Å². The molecule has 4 nitrogen and oxygen atoms in total. The van der Waals surface area contributed by atoms with Crippen LogP contribution >= 0.6 is 0 Å². The van der Waals surface area contributed by atoms with Crippen LogP contribution in [0.5, 0.6) is 0 Å². The van der Waals surface area contributed by atoms with E-state index in [9.17, 15) is 9.90 Å². The molecule has 1 aliphatic heterocycles. The van der Waals surface area contributed by atoms with E-state index in [-0.39, 0.29) is 12.0 Å². The van der Waals surface area contributed by atoms with Crippen LogP contribution in [-0.4, -0.2) is 41.7 Å². The molecule has 2 aromatic rings. The van der Waals surface area contributed by atoms with E-state index in [0.717, 1.165) is 37.1 Å². The van der Waals surface area contributed by atoms with E-state index in [1.807, 2.05) is 47.4 Å². The van der Waals surface area contributed by atoms with Gasteiger partial charge in [-0.1, -0.05) is 48.5 Å². The third kappa shape index (κ3) is 4.66. The molecule has 0 saturated carbocycles. The Hall–Kier alpha value is -2.17. The highest BCUT2D eigenvalue weighted by atomic mass is 16.3. The Balaban J connectivity index is 1.63. The van der Waals surface area contributed by atoms with Gasteiger partial charge in [0.15, 0.2) is 0 Å². The van der Waals surface area contributed by atoms with Gasteiger partial charge in [0, 0.05) is 12.2 Å². The monoisotopic (exact) mass is 324 g/mol. The van der Waals surface area contributed by atoms with Gasteiger partial charge in [-0.25, -0.2) is 0 Å². The highest BCUT2D eigenvalue weighted by Gasteiger charge is 2.20. The lowest BCUT2D eigenvalue weighted by Crippen LogP contribution is -2.42. The summed E-state index contributed by atoms with van der Waals surface area (Å²) in [7, 11) is 0. The van der Waals surface area contributed by atoms with E-state index in [0.29, 0.717) is 13.1 Å². The summed E-state index contributed by atoms with van der Waals surface area (Å²) < 4.78 is 0. The van der Waals surface area contributed by atoms with Crippen molar-refractivity contribution in [2.75, 3.05) is 25.0 Å². The van der Waals surface area contributed by atoms with Gasteiger partial charge in [-0.3, -0.25) is 9.69 Å². The van der Waals surface area contributed by atoms with E-state index in [1.54, 1.807) is 0 Å². The van der Waals surface area contributed by atoms with Gasteiger partial charge in [0.25, 0.3) is 0 Å². The summed E-state index contributed by atoms with van der Waals surface area (Å²) >= 11 is 0. The molecule has 1 unspecified atom stereocenters. The number of aliphatic hydroxyl groups is 1. The van der Waals surface area contributed by atoms with Gasteiger partial charge >= 0.3 is 0 Å². The number of likely N-dealkylation sites (tertiary alicyclic amines) is 1. The number of nitrogens with zero attached hydrogens (tertiary/aromatic N) is 1. The van der Waals surface area contributed by atoms with Crippen LogP contribution in [0.15, 0.2) is 54.6 Å². The number of carbonyl (C=O) groups is 1. The summed E-state index contributed by atoms with van der Waals surface area (Å²) in [5.41, 5.74) is 3.19. The number of piperidine rings is 1. The molecule has 0 spiro atoms. The Kier molecular flexibility index (Phi) is 5.62. The Morgan fingerprint density at radius 2 is 1.88 bits per heavy atom. The minimum Gasteiger partial charge on any atom is -0.392 e. The largest absolute Gasteiger partial charge is 0.392 e. The Bertz CT molecular complexity index is 672. The van der Waals surface area contributed by atoms with Crippen molar-refractivity contribution in [1.29, 1.82) is 0 Å². The highest BCUT2D eigenvalue weighted by molar-refractivity contribution is 5.93. The van der Waals surface area contributed by atoms with E-state index in [1.165, 1.54) is 5.56 Å². The van der Waals surface area contributed by atoms with E-state index in [4.69, 9.17) is 0 Å². The van der Waals surface area contributed by atoms with Crippen LogP contribution in [0.3, 0.4) is 0 Å². The van der Waals surface area contributed by atoms with Crippen LogP contribution in [0.25, 0.3) is 0 Å². The van der Waals surface area contributed by atoms with Crippen LogP contribution in [0.4, 0.5) is 5.69 Å². The van der Waals surface area contributed by atoms with Crippen LogP contribution in [-0.2, 0) is 11.2 Å². The fourth-order valence-corrected chi connectivity index (χ4v) is 3.18. The zero-order valence-electron chi connectivity index (χ0n) is 13.8. The summed E-state index contributed by atoms with van der Waals surface area (Å²) in [5.74, 6) is -0.0235. The number of carbonyl (C=O) groups excluding carboxylic acids is 1. The number of rotatable bonds is 5. The van der Waals surface area contributed by atoms with Gasteiger partial charge in [-0.15, -0.1) is 0 Å². The second-order valence-corrected chi connectivity index (χ2v) is 6.40. The highest BCUT2D eigenvalue weighted by Crippen LogP contribution is 2.19. The number of para-hydroxylation sites is 1. The van der Waals surface area contributed by atoms with Crippen molar-refractivity contribution in [2.24, 2.45) is 0 Å². The lowest BCUT2D eigenvalue weighted by Gasteiger charge is -2.29. The molecule has 1 saturated heterocycles. The summed E-state index contributed by atoms with van der Waals surface area (Å²) in [4.78, 5) is 14.4. The topological polar surface area (TPSA) is 52.6 Å². The average Bonchev–Trinajstić information content (AvgIpc) is 2.57. The predicted octanol–water partition coefficient (Wildman–Crippen LogP) is 2.67. The molecule has 1 heterocycles. The van der Waals surface area contributed by atoms with Crippen molar-refractivity contribution in [3.63, 3.8) is 0 Å². The van der Waals surface area contributed by atoms with Crippen molar-refractivity contribution < 1.29 is 9.90 Å². The van der Waals surface area contributed by atoms with Crippen LogP contribution < -0.4 is 5.32 Å². The fourth-order valence-electron chi connectivity index (χ4n) is 3.18. The molecule has 126 valence electrons. The Morgan fingerprint density at radius 3 is 2.67 bits per heavy atom. The summed E-state index contributed by atoms with van der Waals surface area (Å²) in [6, 6.07) is 18.2. The molecule has 2 aromatic carbocycles. The summed E-state index contributed by atoms with van der Waals surface area (Å²) in [6.07, 6.45) is 2.26. The molecule has 1 aliphatic rings. The number of benzene rings is 2. The maximum absolute atomic E-state index is 12.4. The molecule has 0 aromatic heterocycles. The van der Waals surface area contributed by atoms with Crippen molar-refractivity contribution in [3.05, 3.63) is 65.7 Å². The minimum atomic E-state index is -0.308. The first-order valence-electron chi connectivity index (χ1n) is 8.53. The maximum Gasteiger partial charge on any atom is 0.238 e. The second kappa shape index (κ2) is 8.08. The number of hydrogen-bond donors (Lipinski definition) is 2. The van der Waals surface area contributed by atoms with Gasteiger partial charge in [0.05, 0.1) is 12.6 Å². The molecule has 24 heavy (non-hydrogen) atoms. The molecule has 0 radical (unpaired) electrons. The minimum absolute atomic E-state index is 0.0235. The van der Waals surface area contributed by atoms with Crippen LogP contribution in [0, 0.1) is 0 Å². The zero-order valence-corrected chi connectivity index (χ0v) is 13.8. The molecule has 2 N–H and O–H groups in total. The summed E-state index contributed by atoms with van der Waals surface area (Å²) in [5, 5.41) is 12.7. The lowest BCUT2D eigenvalue weighted by atomic mass is 10.0. The van der Waals surface area contributed by atoms with E-state index in [2.05, 4.69) is 17.4 Å². The second-order valence-electron chi connectivity index (χ2n) is 6.40. The molecular formula is C20H24N2O2. The molecule has 4 heteroatoms. The Morgan fingerprint density at radius 1 is 1.12 bits per heavy atom. The third-order valence-electron chi connectivity index (χ3n) is 4.38. The van der Waals surface area contributed by atoms with Gasteiger partial charge in [-0.05, 0) is 43.0 Å². The normalized spacial score (nSPS) is 18.3. The average molecular weight is 324 g/mol. The SMILES string of the molecule is O=C(CN1CCCC(O)C1)Nc1ccccc1Cc1ccccc1. The lowest BCUT2D eigenvalue weighted by molar-refractivity contribution is -0.118. The molecular weight excluding hydrogens is 300 g/mol. The molecule has 0 bridgehead atoms. The number of nitrogens with one attached hydrogen (secondary N) is 1. The molecule has 0 aliphatic carbocycles. The zero-order chi connectivity index (χ0) is 16.8.